The van der Waals surface area contributed by atoms with Gasteiger partial charge in [-0.25, -0.2) is 0 Å². The molecule has 0 aliphatic carbocycles. The molecule has 3 rings (SSSR count). The first kappa shape index (κ1) is 16.9. The highest BCUT2D eigenvalue weighted by Gasteiger charge is 2.07. The van der Waals surface area contributed by atoms with Crippen LogP contribution < -0.4 is 31.6 Å². The molecule has 0 saturated heterocycles. The molecule has 0 aliphatic rings. The lowest BCUT2D eigenvalue weighted by Crippen LogP contribution is -2.06. The van der Waals surface area contributed by atoms with Crippen LogP contribution in [0.5, 0.6) is 12.0 Å². The van der Waals surface area contributed by atoms with Gasteiger partial charge in [-0.3, -0.25) is 0 Å². The fourth-order valence-corrected chi connectivity index (χ4v) is 1.93. The lowest BCUT2D eigenvalue weighted by atomic mass is 10.3. The SMILES string of the molecule is COc1nc(N)nc(Nc2ccc(Nc3nc(N)nc(OC)n3)cc2)n1. The van der Waals surface area contributed by atoms with Crippen molar-refractivity contribution in [1.82, 2.24) is 29.9 Å². The van der Waals surface area contributed by atoms with E-state index in [0.717, 1.165) is 11.4 Å². The molecule has 2 aromatic heterocycles. The Balaban J connectivity index is 1.72. The molecule has 3 aromatic rings. The van der Waals surface area contributed by atoms with Crippen molar-refractivity contribution in [2.75, 3.05) is 36.3 Å². The van der Waals surface area contributed by atoms with Crippen molar-refractivity contribution in [2.24, 2.45) is 0 Å². The highest BCUT2D eigenvalue weighted by molar-refractivity contribution is 5.61. The Morgan fingerprint density at radius 1 is 0.654 bits per heavy atom. The number of benzene rings is 1. The van der Waals surface area contributed by atoms with Gasteiger partial charge < -0.3 is 31.6 Å². The van der Waals surface area contributed by atoms with Crippen molar-refractivity contribution in [3.63, 3.8) is 0 Å². The van der Waals surface area contributed by atoms with Crippen molar-refractivity contribution in [2.45, 2.75) is 0 Å². The number of aromatic nitrogens is 6. The van der Waals surface area contributed by atoms with E-state index in [0.29, 0.717) is 0 Å². The Kier molecular flexibility index (Phi) is 4.74. The smallest absolute Gasteiger partial charge is 0.322 e. The molecule has 6 N–H and O–H groups in total. The number of hydrogen-bond acceptors (Lipinski definition) is 12. The average Bonchev–Trinajstić information content (AvgIpc) is 2.62. The molecule has 0 fully saturated rings. The van der Waals surface area contributed by atoms with Crippen molar-refractivity contribution in [3.8, 4) is 12.0 Å². The molecule has 0 amide bonds. The summed E-state index contributed by atoms with van der Waals surface area (Å²) in [5.74, 6) is 0.646. The van der Waals surface area contributed by atoms with Crippen LogP contribution >= 0.6 is 0 Å². The second-order valence-corrected chi connectivity index (χ2v) is 4.84. The molecule has 0 bridgehead atoms. The van der Waals surface area contributed by atoms with Crippen LogP contribution in [0.4, 0.5) is 35.2 Å². The Bertz CT molecular complexity index is 828. The van der Waals surface area contributed by atoms with E-state index in [1.165, 1.54) is 14.2 Å². The number of nitrogens with zero attached hydrogens (tertiary/aromatic N) is 6. The van der Waals surface area contributed by atoms with Gasteiger partial charge in [-0.1, -0.05) is 0 Å². The van der Waals surface area contributed by atoms with E-state index in [1.54, 1.807) is 24.3 Å². The topological polar surface area (TPSA) is 172 Å². The van der Waals surface area contributed by atoms with Crippen LogP contribution in [0.3, 0.4) is 0 Å². The highest BCUT2D eigenvalue weighted by Crippen LogP contribution is 2.20. The molecule has 12 nitrogen and oxygen atoms in total. The predicted molar refractivity (Wildman–Crippen MR) is 94.6 cm³/mol. The summed E-state index contributed by atoms with van der Waals surface area (Å²) in [5.41, 5.74) is 12.7. The third kappa shape index (κ3) is 4.11. The van der Waals surface area contributed by atoms with Gasteiger partial charge in [-0.2, -0.15) is 29.9 Å². The Morgan fingerprint density at radius 2 is 1.04 bits per heavy atom. The second-order valence-electron chi connectivity index (χ2n) is 4.84. The summed E-state index contributed by atoms with van der Waals surface area (Å²) < 4.78 is 9.91. The number of nitrogens with two attached hydrogens (primary N) is 2. The van der Waals surface area contributed by atoms with E-state index < -0.39 is 0 Å². The number of rotatable bonds is 6. The first-order valence-corrected chi connectivity index (χ1v) is 7.31. The first-order chi connectivity index (χ1) is 12.6. The lowest BCUT2D eigenvalue weighted by molar-refractivity contribution is 0.379. The summed E-state index contributed by atoms with van der Waals surface area (Å²) in [7, 11) is 2.89. The van der Waals surface area contributed by atoms with Crippen molar-refractivity contribution >= 4 is 35.2 Å². The minimum absolute atomic E-state index is 0.0546. The van der Waals surface area contributed by atoms with Gasteiger partial charge in [0.15, 0.2) is 0 Å². The Morgan fingerprint density at radius 3 is 1.38 bits per heavy atom. The molecular formula is C14H16N10O2. The van der Waals surface area contributed by atoms with E-state index in [1.807, 2.05) is 0 Å². The lowest BCUT2D eigenvalue weighted by Gasteiger charge is -2.09. The van der Waals surface area contributed by atoms with Gasteiger partial charge in [0.2, 0.25) is 23.8 Å². The molecule has 134 valence electrons. The van der Waals surface area contributed by atoms with Crippen molar-refractivity contribution in [3.05, 3.63) is 24.3 Å². The fourth-order valence-electron chi connectivity index (χ4n) is 1.93. The van der Waals surface area contributed by atoms with Gasteiger partial charge in [0.1, 0.15) is 0 Å². The van der Waals surface area contributed by atoms with Crippen molar-refractivity contribution < 1.29 is 9.47 Å². The van der Waals surface area contributed by atoms with Crippen LogP contribution in [0.25, 0.3) is 0 Å². The Hall–Kier alpha value is -3.96. The molecule has 0 atom stereocenters. The maximum atomic E-state index is 5.60. The molecular weight excluding hydrogens is 340 g/mol. The monoisotopic (exact) mass is 356 g/mol. The number of hydrogen-bond donors (Lipinski definition) is 4. The molecule has 26 heavy (non-hydrogen) atoms. The summed E-state index contributed by atoms with van der Waals surface area (Å²) >= 11 is 0. The maximum Gasteiger partial charge on any atom is 0.322 e. The average molecular weight is 356 g/mol. The summed E-state index contributed by atoms with van der Waals surface area (Å²) in [6, 6.07) is 7.46. The van der Waals surface area contributed by atoms with E-state index in [-0.39, 0.29) is 35.8 Å². The van der Waals surface area contributed by atoms with Crippen LogP contribution in [0, 0.1) is 0 Å². The quantitative estimate of drug-likeness (QED) is 0.488. The zero-order valence-corrected chi connectivity index (χ0v) is 14.0. The molecule has 0 unspecified atom stereocenters. The van der Waals surface area contributed by atoms with Gasteiger partial charge in [-0.15, -0.1) is 0 Å². The summed E-state index contributed by atoms with van der Waals surface area (Å²) in [4.78, 5) is 23.7. The van der Waals surface area contributed by atoms with Crippen molar-refractivity contribution in [1.29, 1.82) is 0 Å². The molecule has 0 aliphatic heterocycles. The van der Waals surface area contributed by atoms with Gasteiger partial charge in [0, 0.05) is 11.4 Å². The Labute approximate surface area is 148 Å². The van der Waals surface area contributed by atoms with E-state index in [2.05, 4.69) is 40.5 Å². The second kappa shape index (κ2) is 7.29. The van der Waals surface area contributed by atoms with Gasteiger partial charge in [-0.05, 0) is 24.3 Å². The standard InChI is InChI=1S/C14H16N10O2/c1-25-13-21-9(15)19-11(23-13)17-7-3-5-8(6-4-7)18-12-20-10(16)22-14(24-12)26-2/h3-6H,1-2H3,(H3,15,17,19,21,23)(H3,16,18,20,22,24). The van der Waals surface area contributed by atoms with Crippen LogP contribution in [0.15, 0.2) is 24.3 Å². The number of methoxy groups -OCH3 is 2. The highest BCUT2D eigenvalue weighted by atomic mass is 16.5. The normalized spacial score (nSPS) is 10.2. The van der Waals surface area contributed by atoms with Crippen LogP contribution in [-0.4, -0.2) is 44.1 Å². The summed E-state index contributed by atoms with van der Waals surface area (Å²) in [6.45, 7) is 0. The molecule has 0 spiro atoms. The van der Waals surface area contributed by atoms with Crippen LogP contribution in [-0.2, 0) is 0 Å². The van der Waals surface area contributed by atoms with Gasteiger partial charge in [0.05, 0.1) is 14.2 Å². The molecule has 12 heteroatoms. The third-order valence-electron chi connectivity index (χ3n) is 3.03. The minimum atomic E-state index is 0.0546. The number of anilines is 6. The number of ether oxygens (including phenoxy) is 2. The largest absolute Gasteiger partial charge is 0.467 e. The number of nitrogen functional groups attached to an aromatic ring is 2. The number of nitrogens with one attached hydrogen (secondary N) is 2. The fraction of sp³-hybridized carbons (Fsp3) is 0.143. The first-order valence-electron chi connectivity index (χ1n) is 7.31. The molecule has 0 radical (unpaired) electrons. The zero-order valence-electron chi connectivity index (χ0n) is 14.0. The molecule has 0 saturated carbocycles. The van der Waals surface area contributed by atoms with Gasteiger partial charge in [0.25, 0.3) is 0 Å². The van der Waals surface area contributed by atoms with Crippen LogP contribution in [0.2, 0.25) is 0 Å². The van der Waals surface area contributed by atoms with E-state index in [9.17, 15) is 0 Å². The summed E-state index contributed by atoms with van der Waals surface area (Å²) in [5, 5.41) is 6.01. The van der Waals surface area contributed by atoms with E-state index in [4.69, 9.17) is 20.9 Å². The van der Waals surface area contributed by atoms with E-state index >= 15 is 0 Å². The predicted octanol–water partition coefficient (Wildman–Crippen LogP) is 0.725. The van der Waals surface area contributed by atoms with Gasteiger partial charge >= 0.3 is 12.0 Å². The zero-order chi connectivity index (χ0) is 18.5. The third-order valence-corrected chi connectivity index (χ3v) is 3.03. The van der Waals surface area contributed by atoms with Crippen LogP contribution in [0.1, 0.15) is 0 Å². The molecule has 1 aromatic carbocycles. The maximum absolute atomic E-state index is 5.60. The summed E-state index contributed by atoms with van der Waals surface area (Å²) in [6.07, 6.45) is 0. The molecule has 2 heterocycles. The minimum Gasteiger partial charge on any atom is -0.467 e.